The fourth-order valence-corrected chi connectivity index (χ4v) is 2.63. The molecule has 0 unspecified atom stereocenters. The number of carbonyl (C=O) groups excluding carboxylic acids is 1. The summed E-state index contributed by atoms with van der Waals surface area (Å²) >= 11 is 11.6. The summed E-state index contributed by atoms with van der Waals surface area (Å²) in [4.78, 5) is 24.5. The molecular formula is C19H15Cl2N3O2. The van der Waals surface area contributed by atoms with Gasteiger partial charge in [-0.1, -0.05) is 29.3 Å². The molecule has 2 aromatic carbocycles. The first kappa shape index (κ1) is 18.2. The molecule has 0 saturated heterocycles. The SMILES string of the molecule is Cc1ccc(NC(=O)c2ccc(-n3ncc(Cl)c(Cl)c3=O)cc2)cc1C. The van der Waals surface area contributed by atoms with Gasteiger partial charge in [-0.25, -0.2) is 0 Å². The van der Waals surface area contributed by atoms with Gasteiger partial charge >= 0.3 is 0 Å². The van der Waals surface area contributed by atoms with Crippen LogP contribution in [0.2, 0.25) is 10.0 Å². The van der Waals surface area contributed by atoms with E-state index in [0.29, 0.717) is 11.3 Å². The maximum atomic E-state index is 12.4. The number of anilines is 1. The van der Waals surface area contributed by atoms with Gasteiger partial charge in [0.15, 0.2) is 0 Å². The molecule has 1 N–H and O–H groups in total. The molecule has 0 bridgehead atoms. The topological polar surface area (TPSA) is 64.0 Å². The molecule has 26 heavy (non-hydrogen) atoms. The first-order chi connectivity index (χ1) is 12.4. The second kappa shape index (κ2) is 7.32. The van der Waals surface area contributed by atoms with E-state index >= 15 is 0 Å². The van der Waals surface area contributed by atoms with Crippen LogP contribution >= 0.6 is 23.2 Å². The lowest BCUT2D eigenvalue weighted by Crippen LogP contribution is -2.21. The highest BCUT2D eigenvalue weighted by atomic mass is 35.5. The fraction of sp³-hybridized carbons (Fsp3) is 0.105. The summed E-state index contributed by atoms with van der Waals surface area (Å²) in [5, 5.41) is 6.80. The second-order valence-electron chi connectivity index (χ2n) is 5.82. The first-order valence-corrected chi connectivity index (χ1v) is 8.55. The van der Waals surface area contributed by atoms with Gasteiger partial charge in [0.05, 0.1) is 16.9 Å². The van der Waals surface area contributed by atoms with E-state index in [1.165, 1.54) is 6.20 Å². The van der Waals surface area contributed by atoms with Crippen molar-refractivity contribution in [2.75, 3.05) is 5.32 Å². The number of hydrogen-bond acceptors (Lipinski definition) is 3. The lowest BCUT2D eigenvalue weighted by atomic mass is 10.1. The number of hydrogen-bond donors (Lipinski definition) is 1. The van der Waals surface area contributed by atoms with Crippen LogP contribution in [0, 0.1) is 13.8 Å². The molecule has 5 nitrogen and oxygen atoms in total. The molecule has 1 aromatic heterocycles. The van der Waals surface area contributed by atoms with Gasteiger partial charge in [0.1, 0.15) is 5.02 Å². The smallest absolute Gasteiger partial charge is 0.291 e. The summed E-state index contributed by atoms with van der Waals surface area (Å²) in [6.07, 6.45) is 1.30. The zero-order chi connectivity index (χ0) is 18.8. The van der Waals surface area contributed by atoms with Crippen LogP contribution in [-0.4, -0.2) is 15.7 Å². The number of nitrogens with zero attached hydrogens (tertiary/aromatic N) is 2. The summed E-state index contributed by atoms with van der Waals surface area (Å²) < 4.78 is 1.12. The molecule has 0 saturated carbocycles. The van der Waals surface area contributed by atoms with E-state index < -0.39 is 5.56 Å². The van der Waals surface area contributed by atoms with Crippen molar-refractivity contribution in [3.05, 3.63) is 85.8 Å². The van der Waals surface area contributed by atoms with Crippen molar-refractivity contribution in [3.8, 4) is 5.69 Å². The Bertz CT molecular complexity index is 1040. The molecule has 0 aliphatic carbocycles. The molecule has 3 aromatic rings. The molecule has 1 heterocycles. The Kier molecular flexibility index (Phi) is 5.11. The van der Waals surface area contributed by atoms with Crippen molar-refractivity contribution in [2.45, 2.75) is 13.8 Å². The summed E-state index contributed by atoms with van der Waals surface area (Å²) in [5.74, 6) is -0.241. The van der Waals surface area contributed by atoms with Crippen molar-refractivity contribution in [1.29, 1.82) is 0 Å². The second-order valence-corrected chi connectivity index (χ2v) is 6.61. The van der Waals surface area contributed by atoms with E-state index in [1.807, 2.05) is 32.0 Å². The van der Waals surface area contributed by atoms with Crippen molar-refractivity contribution >= 4 is 34.8 Å². The molecule has 1 amide bonds. The molecule has 3 rings (SSSR count). The van der Waals surface area contributed by atoms with Crippen LogP contribution < -0.4 is 10.9 Å². The molecule has 132 valence electrons. The molecular weight excluding hydrogens is 373 g/mol. The number of halogens is 2. The van der Waals surface area contributed by atoms with Crippen LogP contribution in [0.4, 0.5) is 5.69 Å². The third-order valence-electron chi connectivity index (χ3n) is 4.02. The summed E-state index contributed by atoms with van der Waals surface area (Å²) in [5.41, 5.74) is 3.41. The quantitative estimate of drug-likeness (QED) is 0.723. The largest absolute Gasteiger partial charge is 0.322 e. The van der Waals surface area contributed by atoms with E-state index in [1.54, 1.807) is 24.3 Å². The van der Waals surface area contributed by atoms with E-state index in [9.17, 15) is 9.59 Å². The van der Waals surface area contributed by atoms with Crippen LogP contribution in [0.3, 0.4) is 0 Å². The Labute approximate surface area is 160 Å². The molecule has 0 spiro atoms. The van der Waals surface area contributed by atoms with E-state index in [0.717, 1.165) is 21.5 Å². The lowest BCUT2D eigenvalue weighted by Gasteiger charge is -2.09. The van der Waals surface area contributed by atoms with E-state index in [4.69, 9.17) is 23.2 Å². The number of aryl methyl sites for hydroxylation is 2. The van der Waals surface area contributed by atoms with Gasteiger partial charge in [0.2, 0.25) is 0 Å². The number of amides is 1. The van der Waals surface area contributed by atoms with E-state index in [2.05, 4.69) is 10.4 Å². The Hall–Kier alpha value is -2.63. The van der Waals surface area contributed by atoms with E-state index in [-0.39, 0.29) is 16.0 Å². The zero-order valence-electron chi connectivity index (χ0n) is 14.1. The van der Waals surface area contributed by atoms with Gasteiger partial charge in [0, 0.05) is 11.3 Å². The number of rotatable bonds is 3. The third kappa shape index (κ3) is 3.64. The minimum atomic E-state index is -0.522. The van der Waals surface area contributed by atoms with Crippen LogP contribution in [-0.2, 0) is 0 Å². The van der Waals surface area contributed by atoms with Crippen LogP contribution in [0.5, 0.6) is 0 Å². The summed E-state index contributed by atoms with van der Waals surface area (Å²) in [6.45, 7) is 4.00. The lowest BCUT2D eigenvalue weighted by molar-refractivity contribution is 0.102. The van der Waals surface area contributed by atoms with Crippen molar-refractivity contribution < 1.29 is 4.79 Å². The van der Waals surface area contributed by atoms with Gasteiger partial charge in [0.25, 0.3) is 11.5 Å². The van der Waals surface area contributed by atoms with Crippen molar-refractivity contribution in [1.82, 2.24) is 9.78 Å². The van der Waals surface area contributed by atoms with Gasteiger partial charge in [-0.15, -0.1) is 0 Å². The highest BCUT2D eigenvalue weighted by Crippen LogP contribution is 2.18. The van der Waals surface area contributed by atoms with Gasteiger partial charge in [-0.05, 0) is 61.4 Å². The zero-order valence-corrected chi connectivity index (χ0v) is 15.6. The maximum absolute atomic E-state index is 12.4. The molecule has 7 heteroatoms. The number of carbonyl (C=O) groups is 1. The number of benzene rings is 2. The summed E-state index contributed by atoms with van der Waals surface area (Å²) in [7, 11) is 0. The molecule has 0 aliphatic rings. The van der Waals surface area contributed by atoms with Gasteiger partial charge in [-0.2, -0.15) is 9.78 Å². The van der Waals surface area contributed by atoms with Gasteiger partial charge in [-0.3, -0.25) is 9.59 Å². The fourth-order valence-electron chi connectivity index (χ4n) is 2.37. The summed E-state index contributed by atoms with van der Waals surface area (Å²) in [6, 6.07) is 12.2. The Balaban J connectivity index is 1.83. The molecule has 0 fully saturated rings. The highest BCUT2D eigenvalue weighted by molar-refractivity contribution is 6.41. The monoisotopic (exact) mass is 387 g/mol. The predicted octanol–water partition coefficient (Wildman–Crippen LogP) is 4.41. The molecule has 0 radical (unpaired) electrons. The Morgan fingerprint density at radius 3 is 2.38 bits per heavy atom. The normalized spacial score (nSPS) is 10.6. The number of nitrogens with one attached hydrogen (secondary N) is 1. The standard InChI is InChI=1S/C19H15Cl2N3O2/c1-11-3-6-14(9-12(11)2)23-18(25)13-4-7-15(8-5-13)24-19(26)17(21)16(20)10-22-24/h3-10H,1-2H3,(H,23,25). The van der Waals surface area contributed by atoms with Crippen molar-refractivity contribution in [2.24, 2.45) is 0 Å². The maximum Gasteiger partial charge on any atom is 0.291 e. The average molecular weight is 388 g/mol. The average Bonchev–Trinajstić information content (AvgIpc) is 2.63. The first-order valence-electron chi connectivity index (χ1n) is 7.79. The Morgan fingerprint density at radius 1 is 1.04 bits per heavy atom. The minimum absolute atomic E-state index is 0.0947. The van der Waals surface area contributed by atoms with Crippen LogP contribution in [0.25, 0.3) is 5.69 Å². The molecule has 0 atom stereocenters. The van der Waals surface area contributed by atoms with Crippen LogP contribution in [0.15, 0.2) is 53.5 Å². The van der Waals surface area contributed by atoms with Crippen LogP contribution in [0.1, 0.15) is 21.5 Å². The predicted molar refractivity (Wildman–Crippen MR) is 104 cm³/mol. The highest BCUT2D eigenvalue weighted by Gasteiger charge is 2.11. The van der Waals surface area contributed by atoms with Gasteiger partial charge < -0.3 is 5.32 Å². The third-order valence-corrected chi connectivity index (χ3v) is 4.76. The Morgan fingerprint density at radius 2 is 1.73 bits per heavy atom. The minimum Gasteiger partial charge on any atom is -0.322 e. The number of aromatic nitrogens is 2. The molecule has 0 aliphatic heterocycles. The van der Waals surface area contributed by atoms with Crippen molar-refractivity contribution in [3.63, 3.8) is 0 Å².